The number of hydrogen-bond acceptors (Lipinski definition) is 7. The van der Waals surface area contributed by atoms with E-state index in [1.165, 1.54) is 27.8 Å². The minimum absolute atomic E-state index is 0.000532. The molecule has 12 heteroatoms. The average Bonchev–Trinajstić information content (AvgIpc) is 3.27. The molecule has 1 saturated carbocycles. The lowest BCUT2D eigenvalue weighted by molar-refractivity contribution is -0.144. The van der Waals surface area contributed by atoms with Crippen LogP contribution in [0.5, 0.6) is 0 Å². The van der Waals surface area contributed by atoms with Gasteiger partial charge in [-0.25, -0.2) is 19.3 Å². The third-order valence-electron chi connectivity index (χ3n) is 7.27. The van der Waals surface area contributed by atoms with Gasteiger partial charge >= 0.3 is 6.18 Å². The van der Waals surface area contributed by atoms with Crippen molar-refractivity contribution in [1.82, 2.24) is 29.6 Å². The number of nitrogens with one attached hydrogen (secondary N) is 2. The summed E-state index contributed by atoms with van der Waals surface area (Å²) in [5.41, 5.74) is 3.19. The monoisotopic (exact) mass is 529 g/mol. The lowest BCUT2D eigenvalue weighted by Gasteiger charge is -2.33. The maximum atomic E-state index is 13.5. The first kappa shape index (κ1) is 24.1. The van der Waals surface area contributed by atoms with E-state index in [9.17, 15) is 18.0 Å². The molecule has 0 unspecified atom stereocenters. The highest BCUT2D eigenvalue weighted by molar-refractivity contribution is 7.12. The molecule has 4 aromatic rings. The first-order valence-corrected chi connectivity index (χ1v) is 12.9. The highest BCUT2D eigenvalue weighted by Crippen LogP contribution is 2.47. The van der Waals surface area contributed by atoms with Crippen molar-refractivity contribution in [2.24, 2.45) is 0 Å². The number of aromatic nitrogens is 5. The van der Waals surface area contributed by atoms with Crippen molar-refractivity contribution in [3.05, 3.63) is 57.0 Å². The van der Waals surface area contributed by atoms with Crippen LogP contribution < -0.4 is 16.2 Å². The van der Waals surface area contributed by atoms with Crippen LogP contribution in [0.1, 0.15) is 50.4 Å². The van der Waals surface area contributed by atoms with Gasteiger partial charge in [-0.15, -0.1) is 11.3 Å². The number of thiazole rings is 1. The van der Waals surface area contributed by atoms with Crippen molar-refractivity contribution in [2.75, 3.05) is 11.9 Å². The van der Waals surface area contributed by atoms with Gasteiger partial charge in [0.1, 0.15) is 11.9 Å². The summed E-state index contributed by atoms with van der Waals surface area (Å²) >= 11 is 1.20. The van der Waals surface area contributed by atoms with E-state index in [0.717, 1.165) is 42.9 Å². The molecule has 37 heavy (non-hydrogen) atoms. The molecule has 6 rings (SSSR count). The van der Waals surface area contributed by atoms with Crippen molar-refractivity contribution < 1.29 is 13.2 Å². The third kappa shape index (κ3) is 4.31. The van der Waals surface area contributed by atoms with Gasteiger partial charge in [0.25, 0.3) is 5.56 Å². The number of alkyl halides is 3. The van der Waals surface area contributed by atoms with Crippen molar-refractivity contribution >= 4 is 34.0 Å². The number of nitrogens with zero attached hydrogens (tertiary/aromatic N) is 5. The Kier molecular flexibility index (Phi) is 5.29. The van der Waals surface area contributed by atoms with Crippen molar-refractivity contribution in [2.45, 2.75) is 63.7 Å². The Morgan fingerprint density at radius 1 is 1.19 bits per heavy atom. The molecule has 8 nitrogen and oxygen atoms in total. The van der Waals surface area contributed by atoms with Crippen LogP contribution in [0.4, 0.5) is 24.8 Å². The summed E-state index contributed by atoms with van der Waals surface area (Å²) in [6.07, 6.45) is -1.38. The molecule has 4 heterocycles. The Bertz CT molecular complexity index is 1580. The van der Waals surface area contributed by atoms with Gasteiger partial charge in [0.15, 0.2) is 5.65 Å². The van der Waals surface area contributed by atoms with Gasteiger partial charge in [0, 0.05) is 41.2 Å². The molecule has 3 aromatic heterocycles. The molecule has 0 saturated heterocycles. The van der Waals surface area contributed by atoms with Gasteiger partial charge in [-0.2, -0.15) is 18.2 Å². The highest BCUT2D eigenvalue weighted by atomic mass is 32.1. The molecule has 2 N–H and O–H groups in total. The zero-order chi connectivity index (χ0) is 26.2. The number of halogens is 3. The summed E-state index contributed by atoms with van der Waals surface area (Å²) < 4.78 is 42.2. The number of rotatable bonds is 5. The molecule has 0 atom stereocenters. The van der Waals surface area contributed by atoms with Gasteiger partial charge in [-0.05, 0) is 36.1 Å². The minimum Gasteiger partial charge on any atom is -0.324 e. The molecular weight excluding hydrogens is 503 g/mol. The fraction of sp³-hybridized carbons (Fsp3) is 0.440. The second-order valence-corrected chi connectivity index (χ2v) is 11.6. The van der Waals surface area contributed by atoms with Gasteiger partial charge in [-0.1, -0.05) is 26.8 Å². The van der Waals surface area contributed by atoms with Crippen LogP contribution in [0.2, 0.25) is 0 Å². The summed E-state index contributed by atoms with van der Waals surface area (Å²) in [5.74, 6) is 0.180. The Morgan fingerprint density at radius 2 is 1.97 bits per heavy atom. The molecule has 2 aliphatic rings. The standard InChI is InChI=1S/C25H26F3N7OS/c1-23(2)12-29-9-14-8-15(4-5-17(14)23)31-21-30-10-16-19(33-21)35(34(20(16)36)13-25(26,27)28)22-32-18(11-37-22)24(3)6-7-24/h4-5,8,10-11,29H,6-7,9,12-13H2,1-3H3,(H,30,31,33). The van der Waals surface area contributed by atoms with E-state index in [1.807, 2.05) is 17.5 Å². The fourth-order valence-corrected chi connectivity index (χ4v) is 5.88. The number of anilines is 2. The topological polar surface area (TPSA) is 89.7 Å². The predicted octanol–water partition coefficient (Wildman–Crippen LogP) is 4.78. The third-order valence-corrected chi connectivity index (χ3v) is 8.09. The fourth-order valence-electron chi connectivity index (χ4n) is 4.89. The average molecular weight is 530 g/mol. The second kappa shape index (κ2) is 8.12. The van der Waals surface area contributed by atoms with Crippen molar-refractivity contribution in [3.8, 4) is 5.13 Å². The summed E-state index contributed by atoms with van der Waals surface area (Å²) in [6.45, 7) is 6.60. The highest BCUT2D eigenvalue weighted by Gasteiger charge is 2.41. The van der Waals surface area contributed by atoms with E-state index in [0.29, 0.717) is 4.68 Å². The van der Waals surface area contributed by atoms with E-state index in [2.05, 4.69) is 52.4 Å². The summed E-state index contributed by atoms with van der Waals surface area (Å²) in [5, 5.41) is 8.69. The van der Waals surface area contributed by atoms with E-state index < -0.39 is 18.3 Å². The molecule has 1 aliphatic carbocycles. The SMILES string of the molecule is CC1(C)CNCc2cc(Nc3ncc4c(=O)n(CC(F)(F)F)n(-c5nc(C6(C)CC6)cs5)c4n3)ccc21. The van der Waals surface area contributed by atoms with E-state index in [-0.39, 0.29) is 32.9 Å². The second-order valence-electron chi connectivity index (χ2n) is 10.8. The Labute approximate surface area is 214 Å². The van der Waals surface area contributed by atoms with Crippen LogP contribution in [-0.4, -0.2) is 37.0 Å². The molecular formula is C25H26F3N7OS. The number of fused-ring (bicyclic) bond motifs is 2. The molecule has 1 aliphatic heterocycles. The van der Waals surface area contributed by atoms with Crippen LogP contribution in [0.25, 0.3) is 16.2 Å². The zero-order valence-corrected chi connectivity index (χ0v) is 21.4. The Morgan fingerprint density at radius 3 is 2.70 bits per heavy atom. The summed E-state index contributed by atoms with van der Waals surface area (Å²) in [4.78, 5) is 26.4. The van der Waals surface area contributed by atoms with Crippen LogP contribution in [0, 0.1) is 0 Å². The molecule has 0 spiro atoms. The molecule has 1 fully saturated rings. The van der Waals surface area contributed by atoms with E-state index in [4.69, 9.17) is 0 Å². The molecule has 1 aromatic carbocycles. The summed E-state index contributed by atoms with van der Waals surface area (Å²) in [7, 11) is 0. The first-order chi connectivity index (χ1) is 17.4. The lowest BCUT2D eigenvalue weighted by Crippen LogP contribution is -2.38. The predicted molar refractivity (Wildman–Crippen MR) is 136 cm³/mol. The number of hydrogen-bond donors (Lipinski definition) is 2. The van der Waals surface area contributed by atoms with Crippen LogP contribution in [0.3, 0.4) is 0 Å². The summed E-state index contributed by atoms with van der Waals surface area (Å²) in [6, 6.07) is 6.02. The normalized spacial score (nSPS) is 18.1. The Hall–Kier alpha value is -3.25. The molecule has 0 amide bonds. The van der Waals surface area contributed by atoms with Gasteiger partial charge in [0.05, 0.1) is 5.69 Å². The number of benzene rings is 1. The van der Waals surface area contributed by atoms with Crippen molar-refractivity contribution in [1.29, 1.82) is 0 Å². The first-order valence-electron chi connectivity index (χ1n) is 12.1. The van der Waals surface area contributed by atoms with E-state index in [1.54, 1.807) is 0 Å². The zero-order valence-electron chi connectivity index (χ0n) is 20.6. The maximum absolute atomic E-state index is 13.5. The maximum Gasteiger partial charge on any atom is 0.408 e. The van der Waals surface area contributed by atoms with E-state index >= 15 is 0 Å². The molecule has 194 valence electrons. The smallest absolute Gasteiger partial charge is 0.324 e. The van der Waals surface area contributed by atoms with Crippen LogP contribution in [-0.2, 0) is 23.9 Å². The molecule has 0 radical (unpaired) electrons. The van der Waals surface area contributed by atoms with Gasteiger partial charge in [0.2, 0.25) is 11.1 Å². The molecule has 0 bridgehead atoms. The van der Waals surface area contributed by atoms with Crippen molar-refractivity contribution in [3.63, 3.8) is 0 Å². The van der Waals surface area contributed by atoms with Crippen LogP contribution >= 0.6 is 11.3 Å². The quantitative estimate of drug-likeness (QED) is 0.387. The van der Waals surface area contributed by atoms with Crippen LogP contribution in [0.15, 0.2) is 34.6 Å². The van der Waals surface area contributed by atoms with Gasteiger partial charge < -0.3 is 10.6 Å². The minimum atomic E-state index is -4.60. The van der Waals surface area contributed by atoms with Gasteiger partial charge in [-0.3, -0.25) is 4.79 Å². The Balaban J connectivity index is 1.43. The largest absolute Gasteiger partial charge is 0.408 e. The lowest BCUT2D eigenvalue weighted by atomic mass is 9.79.